The lowest BCUT2D eigenvalue weighted by atomic mass is 9.69. The summed E-state index contributed by atoms with van der Waals surface area (Å²) in [6.07, 6.45) is 0. The van der Waals surface area contributed by atoms with Crippen molar-refractivity contribution in [2.75, 3.05) is 19.6 Å². The number of fused-ring (bicyclic) bond motifs is 20. The molecule has 0 unspecified atom stereocenters. The maximum Gasteiger partial charge on any atom is 0.0727 e. The molecule has 24 rings (SSSR count). The number of rotatable bonds is 14. The van der Waals surface area contributed by atoms with Crippen LogP contribution in [0.25, 0.3) is 110 Å². The van der Waals surface area contributed by atoms with Gasteiger partial charge in [-0.05, 0) is 324 Å². The summed E-state index contributed by atoms with van der Waals surface area (Å²) in [6.45, 7) is 9.72. The van der Waals surface area contributed by atoms with Crippen LogP contribution in [0.3, 0.4) is 0 Å². The highest BCUT2D eigenvalue weighted by molar-refractivity contribution is 6.02. The summed E-state index contributed by atoms with van der Waals surface area (Å²) >= 11 is 0. The smallest absolute Gasteiger partial charge is 0.0727 e. The summed E-state index contributed by atoms with van der Waals surface area (Å²) in [7, 11) is 0. The van der Waals surface area contributed by atoms with Crippen molar-refractivity contribution in [3.05, 3.63) is 481 Å². The van der Waals surface area contributed by atoms with Crippen molar-refractivity contribution in [3.63, 3.8) is 0 Å². The van der Waals surface area contributed by atoms with Crippen molar-refractivity contribution < 1.29 is 0 Å². The lowest BCUT2D eigenvalue weighted by Crippen LogP contribution is -2.27. The Morgan fingerprint density at radius 3 is 0.577 bits per heavy atom. The van der Waals surface area contributed by atoms with Gasteiger partial charge in [0, 0.05) is 79.1 Å². The highest BCUT2D eigenvalue weighted by Crippen LogP contribution is 2.66. The van der Waals surface area contributed by atoms with Gasteiger partial charge in [-0.1, -0.05) is 295 Å². The topological polar surface area (TPSA) is 13.0 Å². The van der Waals surface area contributed by atoms with Gasteiger partial charge in [0.05, 0.1) is 5.41 Å². The average molecular weight is 1570 g/mol. The number of hydrogen-bond donors (Lipinski definition) is 0. The van der Waals surface area contributed by atoms with Gasteiger partial charge in [-0.3, -0.25) is 0 Å². The van der Waals surface area contributed by atoms with Gasteiger partial charge >= 0.3 is 0 Å². The van der Waals surface area contributed by atoms with E-state index in [0.717, 1.165) is 68.2 Å². The van der Waals surface area contributed by atoms with Crippen molar-refractivity contribution in [1.29, 1.82) is 0 Å². The normalized spacial score (nSPS) is 13.6. The van der Waals surface area contributed by atoms with E-state index in [1.165, 1.54) is 154 Å². The van der Waals surface area contributed by atoms with Crippen LogP contribution < -0.4 is 19.6 Å². The maximum absolute atomic E-state index is 2.60. The predicted molar refractivity (Wildman–Crippen MR) is 517 cm³/mol. The molecule has 0 N–H and O–H groups in total. The molecule has 0 atom stereocenters. The number of benzene rings is 20. The van der Waals surface area contributed by atoms with Crippen LogP contribution in [0.2, 0.25) is 0 Å². The van der Waals surface area contributed by atoms with E-state index in [-0.39, 0.29) is 10.8 Å². The van der Waals surface area contributed by atoms with E-state index in [0.29, 0.717) is 0 Å². The highest BCUT2D eigenvalue weighted by atomic mass is 15.2. The van der Waals surface area contributed by atoms with Crippen LogP contribution >= 0.6 is 0 Å². The molecule has 0 amide bonds. The first-order chi connectivity index (χ1) is 60.4. The number of para-hydroxylation sites is 4. The second kappa shape index (κ2) is 27.9. The molecule has 0 heterocycles. The first kappa shape index (κ1) is 71.7. The Morgan fingerprint density at radius 2 is 0.317 bits per heavy atom. The van der Waals surface area contributed by atoms with Gasteiger partial charge < -0.3 is 19.6 Å². The molecule has 1 spiro atoms. The lowest BCUT2D eigenvalue weighted by Gasteiger charge is -2.34. The van der Waals surface area contributed by atoms with Crippen LogP contribution in [0.15, 0.2) is 437 Å². The second-order valence-corrected chi connectivity index (χ2v) is 34.8. The predicted octanol–water partition coefficient (Wildman–Crippen LogP) is 32.5. The minimum Gasteiger partial charge on any atom is -0.310 e. The molecule has 123 heavy (non-hydrogen) atoms. The summed E-state index contributed by atoms with van der Waals surface area (Å²) in [4.78, 5) is 9.79. The maximum atomic E-state index is 2.60. The van der Waals surface area contributed by atoms with Gasteiger partial charge in [0.2, 0.25) is 0 Å². The van der Waals surface area contributed by atoms with Crippen LogP contribution in [0.5, 0.6) is 0 Å². The fourth-order valence-electron chi connectivity index (χ4n) is 21.3. The fourth-order valence-corrected chi connectivity index (χ4v) is 21.3. The van der Waals surface area contributed by atoms with Crippen LogP contribution in [0, 0.1) is 0 Å². The summed E-state index contributed by atoms with van der Waals surface area (Å²) in [5.41, 5.74) is 36.6. The average Bonchev–Trinajstić information content (AvgIpc) is 1.50. The van der Waals surface area contributed by atoms with Crippen molar-refractivity contribution in [2.24, 2.45) is 0 Å². The second-order valence-electron chi connectivity index (χ2n) is 34.8. The summed E-state index contributed by atoms with van der Waals surface area (Å²) in [5.74, 6) is 0. The molecule has 0 aromatic heterocycles. The molecule has 20 aromatic rings. The number of anilines is 12. The Hall–Kier alpha value is -15.4. The molecule has 0 fully saturated rings. The van der Waals surface area contributed by atoms with Gasteiger partial charge in [0.1, 0.15) is 0 Å². The van der Waals surface area contributed by atoms with Crippen LogP contribution in [-0.2, 0) is 16.2 Å². The quantitative estimate of drug-likeness (QED) is 0.108. The van der Waals surface area contributed by atoms with Gasteiger partial charge in [-0.15, -0.1) is 0 Å². The Morgan fingerprint density at radius 1 is 0.138 bits per heavy atom. The molecule has 0 bridgehead atoms. The van der Waals surface area contributed by atoms with Gasteiger partial charge in [0.25, 0.3) is 0 Å². The molecule has 4 heteroatoms. The SMILES string of the molecule is CC1(C)c2cc(-c3ccc4c(c3)C3(c5cc(-c6ccc7c(c6)C(C)(C)c6cc(N(c8ccccc8)c8ccc9ccccc9c8)ccc6-7)ccc5-c5ccc(N(c6ccccc6)c6ccc7ccccc7c6)cc53)c3cc(N(c5ccccc5)c5ccc6ccccc6c5)ccc3-4)ccc2-c2ccc(N(c3ccccc3)c3ccc4ccccc4c3)cc21. The van der Waals surface area contributed by atoms with Crippen LogP contribution in [0.4, 0.5) is 68.2 Å². The molecule has 580 valence electrons. The monoisotopic (exact) mass is 1570 g/mol. The van der Waals surface area contributed by atoms with Crippen molar-refractivity contribution in [3.8, 4) is 66.8 Å². The van der Waals surface area contributed by atoms with Crippen molar-refractivity contribution >= 4 is 111 Å². The van der Waals surface area contributed by atoms with E-state index in [1.54, 1.807) is 0 Å². The minimum atomic E-state index is -0.887. The molecule has 0 saturated carbocycles. The van der Waals surface area contributed by atoms with E-state index < -0.39 is 5.41 Å². The Labute approximate surface area is 718 Å². The first-order valence-corrected chi connectivity index (χ1v) is 43.0. The molecule has 0 saturated heterocycles. The molecule has 4 aliphatic rings. The molecule has 4 nitrogen and oxygen atoms in total. The molecule has 0 aliphatic heterocycles. The van der Waals surface area contributed by atoms with E-state index in [1.807, 2.05) is 0 Å². The highest BCUT2D eigenvalue weighted by Gasteiger charge is 2.53. The van der Waals surface area contributed by atoms with Crippen molar-refractivity contribution in [1.82, 2.24) is 0 Å². The van der Waals surface area contributed by atoms with Crippen molar-refractivity contribution in [2.45, 2.75) is 43.9 Å². The van der Waals surface area contributed by atoms with Gasteiger partial charge in [-0.2, -0.15) is 0 Å². The van der Waals surface area contributed by atoms with Crippen LogP contribution in [0.1, 0.15) is 72.2 Å². The van der Waals surface area contributed by atoms with E-state index >= 15 is 0 Å². The summed E-state index contributed by atoms with van der Waals surface area (Å²) in [5, 5.41) is 9.65. The Balaban J connectivity index is 0.704. The Kier molecular flexibility index (Phi) is 16.3. The number of hydrogen-bond acceptors (Lipinski definition) is 4. The zero-order valence-electron chi connectivity index (χ0n) is 68.9. The molecular formula is C119H84N4. The van der Waals surface area contributed by atoms with Gasteiger partial charge in [-0.25, -0.2) is 0 Å². The van der Waals surface area contributed by atoms with E-state index in [4.69, 9.17) is 0 Å². The minimum absolute atomic E-state index is 0.352. The zero-order chi connectivity index (χ0) is 81.8. The largest absolute Gasteiger partial charge is 0.310 e. The van der Waals surface area contributed by atoms with E-state index in [2.05, 4.69) is 484 Å². The third kappa shape index (κ3) is 11.4. The molecule has 0 radical (unpaired) electrons. The fraction of sp³-hybridized carbons (Fsp3) is 0.0588. The molecular weight excluding hydrogens is 1490 g/mol. The summed E-state index contributed by atoms with van der Waals surface area (Å²) < 4.78 is 0. The van der Waals surface area contributed by atoms with Gasteiger partial charge in [0.15, 0.2) is 0 Å². The first-order valence-electron chi connectivity index (χ1n) is 43.0. The molecule has 20 aromatic carbocycles. The lowest BCUT2D eigenvalue weighted by molar-refractivity contribution is 0.660. The number of nitrogens with zero attached hydrogens (tertiary/aromatic N) is 4. The third-order valence-corrected chi connectivity index (χ3v) is 27.3. The Bertz CT molecular complexity index is 7260. The summed E-state index contributed by atoms with van der Waals surface area (Å²) in [6, 6.07) is 165. The molecule has 4 aliphatic carbocycles. The van der Waals surface area contributed by atoms with E-state index in [9.17, 15) is 0 Å². The third-order valence-electron chi connectivity index (χ3n) is 27.3. The van der Waals surface area contributed by atoms with Crippen LogP contribution in [-0.4, -0.2) is 0 Å². The standard InChI is InChI=1S/C119H84N4/c1-117(2)109-69-85(45-57-101(109)103-61-53-97(73-111(103)117)120(89-33-9-5-10-34-89)93-49-41-77-25-17-21-29-81(77)65-93)87-47-59-105-107-63-55-99(122(91-37-13-7-14-38-91)95-51-43-79-27-19-23-31-83(79)67-95)75-115(107)119(113(105)71-87)114-72-88(48-60-106(114)108-64-56-100(76-116(108)119)123(92-39-15-8-16-40-92)96-52-44-80-28-20-24-32-84(80)68-96)86-46-58-102-104-62-54-98(74-112(104)118(3,4)110(102)70-86)121(90-35-11-6-12-36-90)94-50-42-78-26-18-22-30-82(78)66-94/h5-76H,1-4H3. The zero-order valence-corrected chi connectivity index (χ0v) is 68.9.